The molecule has 1 fully saturated rings. The van der Waals surface area contributed by atoms with Crippen molar-refractivity contribution in [1.29, 1.82) is 0 Å². The minimum absolute atomic E-state index is 0.108. The number of nitrogens with one attached hydrogen (secondary N) is 1. The Morgan fingerprint density at radius 1 is 1.29 bits per heavy atom. The third-order valence-electron chi connectivity index (χ3n) is 3.82. The number of aliphatic carboxylic acids is 1. The van der Waals surface area contributed by atoms with Crippen molar-refractivity contribution in [3.05, 3.63) is 42.5 Å². The highest BCUT2D eigenvalue weighted by molar-refractivity contribution is 5.83. The van der Waals surface area contributed by atoms with Gasteiger partial charge in [-0.1, -0.05) is 30.3 Å². The molecular formula is C17H19NO3. The molecule has 2 aromatic rings. The Morgan fingerprint density at radius 2 is 2.00 bits per heavy atom. The van der Waals surface area contributed by atoms with Crippen molar-refractivity contribution in [2.24, 2.45) is 0 Å². The molecular weight excluding hydrogens is 266 g/mol. The van der Waals surface area contributed by atoms with E-state index in [-0.39, 0.29) is 6.61 Å². The van der Waals surface area contributed by atoms with Gasteiger partial charge in [-0.3, -0.25) is 10.1 Å². The fourth-order valence-electron chi connectivity index (χ4n) is 2.33. The summed E-state index contributed by atoms with van der Waals surface area (Å²) in [5.74, 6) is -0.186. The summed E-state index contributed by atoms with van der Waals surface area (Å²) in [6.45, 7) is 1.78. The van der Waals surface area contributed by atoms with Gasteiger partial charge in [0, 0.05) is 6.04 Å². The lowest BCUT2D eigenvalue weighted by molar-refractivity contribution is -0.145. The largest absolute Gasteiger partial charge is 0.491 e. The van der Waals surface area contributed by atoms with Crippen molar-refractivity contribution in [1.82, 2.24) is 5.32 Å². The molecule has 4 nitrogen and oxygen atoms in total. The number of benzene rings is 2. The van der Waals surface area contributed by atoms with Crippen LogP contribution in [0.1, 0.15) is 19.8 Å². The minimum atomic E-state index is -1.05. The molecule has 2 N–H and O–H groups in total. The average Bonchev–Trinajstić information content (AvgIpc) is 3.28. The highest BCUT2D eigenvalue weighted by Gasteiger charge is 2.39. The second-order valence-electron chi connectivity index (χ2n) is 5.85. The van der Waals surface area contributed by atoms with Crippen LogP contribution in [-0.4, -0.2) is 29.3 Å². The molecule has 0 aromatic heterocycles. The van der Waals surface area contributed by atoms with Crippen LogP contribution in [0.3, 0.4) is 0 Å². The summed E-state index contributed by atoms with van der Waals surface area (Å²) in [5, 5.41) is 14.8. The Labute approximate surface area is 123 Å². The van der Waals surface area contributed by atoms with Crippen LogP contribution < -0.4 is 10.1 Å². The Bertz CT molecular complexity index is 666. The predicted molar refractivity (Wildman–Crippen MR) is 81.6 cm³/mol. The fraction of sp³-hybridized carbons (Fsp3) is 0.353. The van der Waals surface area contributed by atoms with Gasteiger partial charge in [-0.05, 0) is 42.7 Å². The number of rotatable bonds is 6. The number of hydrogen-bond donors (Lipinski definition) is 2. The molecule has 1 aliphatic carbocycles. The van der Waals surface area contributed by atoms with Crippen LogP contribution in [0.25, 0.3) is 10.8 Å². The van der Waals surface area contributed by atoms with E-state index in [1.807, 2.05) is 42.5 Å². The van der Waals surface area contributed by atoms with Gasteiger partial charge in [0.15, 0.2) is 0 Å². The van der Waals surface area contributed by atoms with E-state index in [4.69, 9.17) is 4.74 Å². The lowest BCUT2D eigenvalue weighted by atomic mass is 10.0. The fourth-order valence-corrected chi connectivity index (χ4v) is 2.33. The number of fused-ring (bicyclic) bond motifs is 1. The molecule has 21 heavy (non-hydrogen) atoms. The second kappa shape index (κ2) is 5.37. The molecule has 0 amide bonds. The summed E-state index contributed by atoms with van der Waals surface area (Å²) in [6, 6.07) is 14.1. The van der Waals surface area contributed by atoms with Gasteiger partial charge in [0.1, 0.15) is 17.9 Å². The normalized spacial score (nSPS) is 17.4. The summed E-state index contributed by atoms with van der Waals surface area (Å²) in [5.41, 5.74) is -1.05. The molecule has 110 valence electrons. The van der Waals surface area contributed by atoms with E-state index in [9.17, 15) is 9.90 Å². The first kappa shape index (κ1) is 13.9. The Hall–Kier alpha value is -2.07. The first-order chi connectivity index (χ1) is 10.1. The molecule has 3 rings (SSSR count). The van der Waals surface area contributed by atoms with E-state index in [1.165, 1.54) is 0 Å². The second-order valence-corrected chi connectivity index (χ2v) is 5.85. The zero-order valence-electron chi connectivity index (χ0n) is 12.0. The van der Waals surface area contributed by atoms with Gasteiger partial charge >= 0.3 is 5.97 Å². The third-order valence-corrected chi connectivity index (χ3v) is 3.82. The lowest BCUT2D eigenvalue weighted by Crippen LogP contribution is -2.54. The summed E-state index contributed by atoms with van der Waals surface area (Å²) in [6.07, 6.45) is 2.08. The molecule has 0 heterocycles. The van der Waals surface area contributed by atoms with Gasteiger partial charge in [-0.2, -0.15) is 0 Å². The molecule has 0 spiro atoms. The smallest absolute Gasteiger partial charge is 0.327 e. The van der Waals surface area contributed by atoms with Gasteiger partial charge in [0.2, 0.25) is 0 Å². The zero-order chi connectivity index (χ0) is 14.9. The van der Waals surface area contributed by atoms with E-state index in [1.54, 1.807) is 6.92 Å². The van der Waals surface area contributed by atoms with Crippen molar-refractivity contribution >= 4 is 16.7 Å². The summed E-state index contributed by atoms with van der Waals surface area (Å²) in [4.78, 5) is 11.5. The van der Waals surface area contributed by atoms with Crippen molar-refractivity contribution < 1.29 is 14.6 Å². The first-order valence-electron chi connectivity index (χ1n) is 7.19. The minimum Gasteiger partial charge on any atom is -0.491 e. The highest BCUT2D eigenvalue weighted by atomic mass is 16.5. The SMILES string of the molecule is CC(COc1ccc2ccccc2c1)(NC1CC1)C(=O)O. The molecule has 1 atom stereocenters. The molecule has 0 saturated heterocycles. The van der Waals surface area contributed by atoms with E-state index in [2.05, 4.69) is 5.32 Å². The molecule has 4 heteroatoms. The lowest BCUT2D eigenvalue weighted by Gasteiger charge is -2.26. The highest BCUT2D eigenvalue weighted by Crippen LogP contribution is 2.25. The molecule has 0 aliphatic heterocycles. The van der Waals surface area contributed by atoms with Crippen molar-refractivity contribution in [3.63, 3.8) is 0 Å². The van der Waals surface area contributed by atoms with E-state index in [0.717, 1.165) is 23.6 Å². The summed E-state index contributed by atoms with van der Waals surface area (Å²) in [7, 11) is 0. The molecule has 2 aromatic carbocycles. The topological polar surface area (TPSA) is 58.6 Å². The van der Waals surface area contributed by atoms with Gasteiger partial charge in [0.25, 0.3) is 0 Å². The maximum atomic E-state index is 11.5. The van der Waals surface area contributed by atoms with Gasteiger partial charge in [-0.15, -0.1) is 0 Å². The maximum absolute atomic E-state index is 11.5. The first-order valence-corrected chi connectivity index (χ1v) is 7.19. The van der Waals surface area contributed by atoms with Crippen LogP contribution in [0.4, 0.5) is 0 Å². The average molecular weight is 285 g/mol. The van der Waals surface area contributed by atoms with Crippen LogP contribution in [0, 0.1) is 0 Å². The third kappa shape index (κ3) is 3.16. The van der Waals surface area contributed by atoms with E-state index < -0.39 is 11.5 Å². The maximum Gasteiger partial charge on any atom is 0.327 e. The quantitative estimate of drug-likeness (QED) is 0.857. The van der Waals surface area contributed by atoms with Crippen molar-refractivity contribution in [3.8, 4) is 5.75 Å². The predicted octanol–water partition coefficient (Wildman–Crippen LogP) is 2.81. The van der Waals surface area contributed by atoms with Gasteiger partial charge in [-0.25, -0.2) is 0 Å². The monoisotopic (exact) mass is 285 g/mol. The molecule has 1 saturated carbocycles. The zero-order valence-corrected chi connectivity index (χ0v) is 12.0. The Kier molecular flexibility index (Phi) is 3.55. The number of carboxylic acids is 1. The summed E-state index contributed by atoms with van der Waals surface area (Å²) < 4.78 is 5.73. The number of carboxylic acid groups (broad SMARTS) is 1. The van der Waals surface area contributed by atoms with Crippen LogP contribution >= 0.6 is 0 Å². The van der Waals surface area contributed by atoms with Gasteiger partial charge in [0.05, 0.1) is 0 Å². The number of carbonyl (C=O) groups is 1. The van der Waals surface area contributed by atoms with Crippen molar-refractivity contribution in [2.45, 2.75) is 31.3 Å². The van der Waals surface area contributed by atoms with Gasteiger partial charge < -0.3 is 9.84 Å². The summed E-state index contributed by atoms with van der Waals surface area (Å²) >= 11 is 0. The molecule has 1 aliphatic rings. The Balaban J connectivity index is 1.73. The molecule has 0 bridgehead atoms. The van der Waals surface area contributed by atoms with E-state index >= 15 is 0 Å². The van der Waals surface area contributed by atoms with Crippen LogP contribution in [0.5, 0.6) is 5.75 Å². The molecule has 1 unspecified atom stereocenters. The Morgan fingerprint density at radius 3 is 2.67 bits per heavy atom. The van der Waals surface area contributed by atoms with Crippen LogP contribution in [-0.2, 0) is 4.79 Å². The van der Waals surface area contributed by atoms with Crippen molar-refractivity contribution in [2.75, 3.05) is 6.61 Å². The molecule has 0 radical (unpaired) electrons. The number of ether oxygens (including phenoxy) is 1. The van der Waals surface area contributed by atoms with Crippen LogP contribution in [0.2, 0.25) is 0 Å². The number of hydrogen-bond acceptors (Lipinski definition) is 3. The van der Waals surface area contributed by atoms with E-state index in [0.29, 0.717) is 11.8 Å². The van der Waals surface area contributed by atoms with Crippen LogP contribution in [0.15, 0.2) is 42.5 Å². The standard InChI is InChI=1S/C17H19NO3/c1-17(16(19)20,18-14-7-8-14)11-21-15-9-6-12-4-2-3-5-13(12)10-15/h2-6,9-10,14,18H,7-8,11H2,1H3,(H,19,20).